The van der Waals surface area contributed by atoms with Crippen molar-refractivity contribution in [2.45, 2.75) is 50.7 Å². The molecule has 11 heteroatoms. The van der Waals surface area contributed by atoms with Crippen LogP contribution in [0.2, 0.25) is 0 Å². The van der Waals surface area contributed by atoms with Crippen LogP contribution in [-0.2, 0) is 4.74 Å². The third kappa shape index (κ3) is 5.27. The van der Waals surface area contributed by atoms with Gasteiger partial charge in [-0.15, -0.1) is 6.42 Å². The fourth-order valence-electron chi connectivity index (χ4n) is 7.82. The number of aromatic nitrogens is 3. The summed E-state index contributed by atoms with van der Waals surface area (Å²) in [5, 5.41) is 11.5. The van der Waals surface area contributed by atoms with Gasteiger partial charge in [0.25, 0.3) is 0 Å². The predicted molar refractivity (Wildman–Crippen MR) is 170 cm³/mol. The van der Waals surface area contributed by atoms with Crippen molar-refractivity contribution in [1.29, 1.82) is 0 Å². The number of rotatable bonds is 5. The van der Waals surface area contributed by atoms with Gasteiger partial charge in [-0.3, -0.25) is 4.98 Å². The molecule has 8 nitrogen and oxygen atoms in total. The van der Waals surface area contributed by atoms with Crippen LogP contribution in [0, 0.1) is 29.4 Å². The van der Waals surface area contributed by atoms with Gasteiger partial charge < -0.3 is 24.4 Å². The minimum absolute atomic E-state index is 0.0198. The van der Waals surface area contributed by atoms with E-state index in [4.69, 9.17) is 20.9 Å². The highest BCUT2D eigenvalue weighted by atomic mass is 19.1. The largest absolute Gasteiger partial charge is 0.508 e. The van der Waals surface area contributed by atoms with Gasteiger partial charge >= 0.3 is 6.01 Å². The van der Waals surface area contributed by atoms with E-state index in [0.29, 0.717) is 24.6 Å². The third-order valence-corrected chi connectivity index (χ3v) is 9.89. The Hall–Kier alpha value is -4.14. The van der Waals surface area contributed by atoms with Crippen LogP contribution in [0.3, 0.4) is 0 Å². The van der Waals surface area contributed by atoms with E-state index in [0.717, 1.165) is 38.6 Å². The van der Waals surface area contributed by atoms with Crippen molar-refractivity contribution in [1.82, 2.24) is 19.9 Å². The molecule has 0 amide bonds. The van der Waals surface area contributed by atoms with E-state index in [1.165, 1.54) is 37.4 Å². The number of hydrogen-bond donors (Lipinski definition) is 1. The maximum absolute atomic E-state index is 16.8. The van der Waals surface area contributed by atoms with Gasteiger partial charge in [-0.05, 0) is 69.8 Å². The summed E-state index contributed by atoms with van der Waals surface area (Å²) >= 11 is 0. The second-order valence-corrected chi connectivity index (χ2v) is 13.2. The number of ether oxygens (including phenoxy) is 2. The Kier molecular flexibility index (Phi) is 7.68. The Bertz CT molecular complexity index is 1880. The van der Waals surface area contributed by atoms with Gasteiger partial charge in [0.2, 0.25) is 0 Å². The first kappa shape index (κ1) is 30.5. The van der Waals surface area contributed by atoms with Gasteiger partial charge in [0.1, 0.15) is 34.3 Å². The van der Waals surface area contributed by atoms with Crippen molar-refractivity contribution in [3.8, 4) is 35.4 Å². The second kappa shape index (κ2) is 11.6. The number of hydrogen-bond acceptors (Lipinski definition) is 8. The quantitative estimate of drug-likeness (QED) is 0.268. The van der Waals surface area contributed by atoms with Crippen LogP contribution < -0.4 is 9.64 Å². The van der Waals surface area contributed by atoms with E-state index in [1.54, 1.807) is 4.90 Å². The van der Waals surface area contributed by atoms with Crippen LogP contribution >= 0.6 is 0 Å². The Morgan fingerprint density at radius 2 is 2.00 bits per heavy atom. The summed E-state index contributed by atoms with van der Waals surface area (Å²) in [4.78, 5) is 17.8. The third-order valence-electron chi connectivity index (χ3n) is 9.89. The van der Waals surface area contributed by atoms with Crippen LogP contribution in [0.15, 0.2) is 30.5 Å². The molecule has 0 bridgehead atoms. The molecule has 3 fully saturated rings. The maximum Gasteiger partial charge on any atom is 0.319 e. The highest BCUT2D eigenvalue weighted by molar-refractivity contribution is 6.03. The van der Waals surface area contributed by atoms with Gasteiger partial charge in [-0.1, -0.05) is 18.4 Å². The van der Waals surface area contributed by atoms with Crippen LogP contribution in [0.25, 0.3) is 32.9 Å². The van der Waals surface area contributed by atoms with E-state index >= 15 is 8.78 Å². The molecule has 4 heterocycles. The topological polar surface area (TPSA) is 83.8 Å². The first-order valence-corrected chi connectivity index (χ1v) is 15.7. The fraction of sp³-hybridized carbons (Fsp3) is 0.457. The molecule has 7 rings (SSSR count). The van der Waals surface area contributed by atoms with E-state index in [2.05, 4.69) is 27.8 Å². The molecular weight excluding hydrogens is 595 g/mol. The van der Waals surface area contributed by atoms with Crippen LogP contribution in [-0.4, -0.2) is 83.2 Å². The molecule has 240 valence electrons. The Morgan fingerprint density at radius 3 is 2.83 bits per heavy atom. The highest BCUT2D eigenvalue weighted by Crippen LogP contribution is 2.47. The molecule has 1 N–H and O–H groups in total. The lowest BCUT2D eigenvalue weighted by molar-refractivity contribution is 0.0133. The zero-order valence-electron chi connectivity index (χ0n) is 26.0. The lowest BCUT2D eigenvalue weighted by Crippen LogP contribution is -2.50. The number of nitrogens with zero attached hydrogens (tertiary/aromatic N) is 5. The average molecular weight is 632 g/mol. The molecule has 0 radical (unpaired) electrons. The molecule has 3 aliphatic rings. The van der Waals surface area contributed by atoms with Gasteiger partial charge in [0.05, 0.1) is 37.3 Å². The molecule has 2 aromatic heterocycles. The van der Waals surface area contributed by atoms with Crippen molar-refractivity contribution < 1.29 is 27.8 Å². The van der Waals surface area contributed by atoms with Crippen LogP contribution in [0.4, 0.5) is 19.0 Å². The zero-order chi connectivity index (χ0) is 32.2. The first-order valence-electron chi connectivity index (χ1n) is 15.7. The summed E-state index contributed by atoms with van der Waals surface area (Å²) < 4.78 is 58.9. The number of phenolic OH excluding ortho intramolecular Hbond substituents is 1. The fourth-order valence-corrected chi connectivity index (χ4v) is 7.82. The summed E-state index contributed by atoms with van der Waals surface area (Å²) in [6.45, 7) is 3.31. The molecule has 2 aromatic carbocycles. The molecule has 0 spiro atoms. The minimum atomic E-state index is -1.68. The number of benzene rings is 2. The maximum atomic E-state index is 16.8. The SMILES string of the molecule is C#Cc1c(F)ccc2cc(O)cc(-c3ncc4c(N5CCOCC(C)(F)C5)nc(OC[C@]56CCC[C@H]5N(C)CCC6)nc4c3F)c12. The summed E-state index contributed by atoms with van der Waals surface area (Å²) in [6.07, 6.45) is 12.4. The number of phenols is 1. The number of alkyl halides is 1. The molecule has 2 aliphatic heterocycles. The van der Waals surface area contributed by atoms with Gasteiger partial charge in [0, 0.05) is 35.1 Å². The number of terminal acetylenes is 1. The molecule has 1 saturated carbocycles. The number of halogens is 3. The van der Waals surface area contributed by atoms with Crippen molar-refractivity contribution in [2.75, 3.05) is 51.4 Å². The molecular formula is C35H36F3N5O3. The number of likely N-dealkylation sites (tertiary alicyclic amines) is 1. The Labute approximate surface area is 265 Å². The van der Waals surface area contributed by atoms with Gasteiger partial charge in [0.15, 0.2) is 5.82 Å². The summed E-state index contributed by atoms with van der Waals surface area (Å²) in [5.41, 5.74) is -1.97. The molecule has 1 unspecified atom stereocenters. The number of piperidine rings is 1. The molecule has 4 aromatic rings. The van der Waals surface area contributed by atoms with Gasteiger partial charge in [-0.2, -0.15) is 9.97 Å². The summed E-state index contributed by atoms with van der Waals surface area (Å²) in [5.74, 6) is 0.995. The second-order valence-electron chi connectivity index (χ2n) is 13.2. The van der Waals surface area contributed by atoms with Gasteiger partial charge in [-0.25, -0.2) is 13.2 Å². The molecule has 1 aliphatic carbocycles. The highest BCUT2D eigenvalue weighted by Gasteiger charge is 2.47. The number of fused-ring (bicyclic) bond motifs is 3. The molecule has 3 atom stereocenters. The van der Waals surface area contributed by atoms with Crippen LogP contribution in [0.1, 0.15) is 44.6 Å². The molecule has 2 saturated heterocycles. The monoisotopic (exact) mass is 631 g/mol. The minimum Gasteiger partial charge on any atom is -0.508 e. The predicted octanol–water partition coefficient (Wildman–Crippen LogP) is 6.02. The van der Waals surface area contributed by atoms with Crippen molar-refractivity contribution in [2.24, 2.45) is 5.41 Å². The first-order chi connectivity index (χ1) is 22.1. The van der Waals surface area contributed by atoms with Crippen molar-refractivity contribution >= 4 is 27.5 Å². The lowest BCUT2D eigenvalue weighted by Gasteiger charge is -2.44. The van der Waals surface area contributed by atoms with Crippen molar-refractivity contribution in [3.05, 3.63) is 47.7 Å². The summed E-state index contributed by atoms with van der Waals surface area (Å²) in [7, 11) is 2.15. The van der Waals surface area contributed by atoms with Crippen LogP contribution in [0.5, 0.6) is 11.8 Å². The van der Waals surface area contributed by atoms with E-state index in [9.17, 15) is 9.50 Å². The van der Waals surface area contributed by atoms with Crippen molar-refractivity contribution in [3.63, 3.8) is 0 Å². The van der Waals surface area contributed by atoms with E-state index < -0.39 is 17.3 Å². The zero-order valence-corrected chi connectivity index (χ0v) is 26.0. The van der Waals surface area contributed by atoms with E-state index in [1.807, 2.05) is 0 Å². The molecule has 46 heavy (non-hydrogen) atoms. The number of anilines is 1. The lowest BCUT2D eigenvalue weighted by atomic mass is 9.76. The number of aromatic hydroxyl groups is 1. The standard InChI is InChI=1S/C35H36F3N5O3/c1-4-23-26(36)9-8-21-15-22(44)16-24(28(21)23)30-29(37)31-25(17-39-30)32(43-13-14-45-19-34(2,38)18-43)41-33(40-31)46-20-35-10-5-7-27(35)42(3)12-6-11-35/h1,8-9,15-17,27,44H,5-7,10-14,18-20H2,2-3H3/t27-,34?,35-/m1/s1. The smallest absolute Gasteiger partial charge is 0.319 e. The average Bonchev–Trinajstić information content (AvgIpc) is 3.38. The number of pyridine rings is 1. The Balaban J connectivity index is 1.39. The Morgan fingerprint density at radius 1 is 1.17 bits per heavy atom. The normalized spacial score (nSPS) is 25.4. The van der Waals surface area contributed by atoms with E-state index in [-0.39, 0.29) is 75.9 Å². The summed E-state index contributed by atoms with van der Waals surface area (Å²) in [6, 6.07) is 5.77.